The van der Waals surface area contributed by atoms with Gasteiger partial charge in [-0.25, -0.2) is 4.39 Å². The first kappa shape index (κ1) is 19.2. The van der Waals surface area contributed by atoms with Crippen LogP contribution in [0.25, 0.3) is 0 Å². The lowest BCUT2D eigenvalue weighted by Crippen LogP contribution is -2.18. The third-order valence-corrected chi connectivity index (χ3v) is 2.89. The van der Waals surface area contributed by atoms with Crippen LogP contribution in [0.1, 0.15) is 25.0 Å². The minimum atomic E-state index is -1.05. The highest BCUT2D eigenvalue weighted by atomic mass is 19.1. The van der Waals surface area contributed by atoms with Crippen LogP contribution in [0.5, 0.6) is 0 Å². The SMILES string of the molecule is C=CC=CC(F)/C=C/CN(C)c1ccc(C)cc1C.CC. The van der Waals surface area contributed by atoms with E-state index in [2.05, 4.69) is 43.5 Å². The monoisotopic (exact) mass is 289 g/mol. The van der Waals surface area contributed by atoms with Crippen molar-refractivity contribution >= 4 is 5.69 Å². The third-order valence-electron chi connectivity index (χ3n) is 2.89. The molecule has 0 aliphatic carbocycles. The maximum atomic E-state index is 13.3. The van der Waals surface area contributed by atoms with Crippen LogP contribution in [-0.4, -0.2) is 19.8 Å². The molecule has 1 aromatic rings. The predicted octanol–water partition coefficient (Wildman–Crippen LogP) is 5.40. The molecular formula is C19H28FN. The molecule has 0 saturated heterocycles. The summed E-state index contributed by atoms with van der Waals surface area (Å²) in [6.07, 6.45) is 7.01. The highest BCUT2D eigenvalue weighted by Gasteiger charge is 2.03. The quantitative estimate of drug-likeness (QED) is 0.500. The van der Waals surface area contributed by atoms with Crippen LogP contribution in [0.4, 0.5) is 10.1 Å². The van der Waals surface area contributed by atoms with E-state index in [1.165, 1.54) is 22.9 Å². The topological polar surface area (TPSA) is 3.24 Å². The van der Waals surface area contributed by atoms with Gasteiger partial charge < -0.3 is 4.90 Å². The molecule has 0 saturated carbocycles. The Morgan fingerprint density at radius 2 is 1.90 bits per heavy atom. The second-order valence-electron chi connectivity index (χ2n) is 4.66. The number of hydrogen-bond acceptors (Lipinski definition) is 1. The van der Waals surface area contributed by atoms with Crippen molar-refractivity contribution < 1.29 is 4.39 Å². The van der Waals surface area contributed by atoms with E-state index in [-0.39, 0.29) is 0 Å². The molecule has 1 rings (SSSR count). The zero-order valence-corrected chi connectivity index (χ0v) is 13.9. The van der Waals surface area contributed by atoms with Crippen LogP contribution < -0.4 is 4.90 Å². The molecule has 1 nitrogen and oxygen atoms in total. The summed E-state index contributed by atoms with van der Waals surface area (Å²) >= 11 is 0. The van der Waals surface area contributed by atoms with Gasteiger partial charge in [0.1, 0.15) is 6.17 Å². The average Bonchev–Trinajstić information content (AvgIpc) is 2.47. The average molecular weight is 289 g/mol. The molecule has 0 N–H and O–H groups in total. The molecule has 0 spiro atoms. The first-order valence-electron chi connectivity index (χ1n) is 7.43. The number of hydrogen-bond donors (Lipinski definition) is 0. The summed E-state index contributed by atoms with van der Waals surface area (Å²) in [7, 11) is 2.01. The van der Waals surface area contributed by atoms with E-state index in [9.17, 15) is 4.39 Å². The van der Waals surface area contributed by atoms with Crippen molar-refractivity contribution in [1.82, 2.24) is 0 Å². The van der Waals surface area contributed by atoms with Crippen LogP contribution in [0.3, 0.4) is 0 Å². The van der Waals surface area contributed by atoms with Crippen LogP contribution in [0, 0.1) is 13.8 Å². The van der Waals surface area contributed by atoms with Crippen LogP contribution in [-0.2, 0) is 0 Å². The standard InChI is InChI=1S/C17H22FN.C2H6/c1-5-6-8-16(18)9-7-12-19(4)17-11-10-14(2)13-15(17)3;1-2/h5-11,13,16H,1,12H2,2-4H3;1-2H3/b8-6?,9-7+;. The van der Waals surface area contributed by atoms with Crippen molar-refractivity contribution in [1.29, 1.82) is 0 Å². The zero-order valence-electron chi connectivity index (χ0n) is 13.9. The van der Waals surface area contributed by atoms with Crippen molar-refractivity contribution in [2.24, 2.45) is 0 Å². The molecule has 116 valence electrons. The lowest BCUT2D eigenvalue weighted by molar-refractivity contribution is 0.468. The molecule has 0 amide bonds. The number of benzene rings is 1. The third kappa shape index (κ3) is 7.50. The summed E-state index contributed by atoms with van der Waals surface area (Å²) in [5.41, 5.74) is 3.66. The van der Waals surface area contributed by atoms with E-state index >= 15 is 0 Å². The van der Waals surface area contributed by atoms with Gasteiger partial charge in [-0.1, -0.05) is 56.4 Å². The molecular weight excluding hydrogens is 261 g/mol. The highest BCUT2D eigenvalue weighted by Crippen LogP contribution is 2.19. The summed E-state index contributed by atoms with van der Waals surface area (Å²) in [6.45, 7) is 12.4. The predicted molar refractivity (Wildman–Crippen MR) is 93.9 cm³/mol. The van der Waals surface area contributed by atoms with Gasteiger partial charge in [0.05, 0.1) is 0 Å². The van der Waals surface area contributed by atoms with E-state index in [1.54, 1.807) is 18.2 Å². The highest BCUT2D eigenvalue weighted by molar-refractivity contribution is 5.54. The zero-order chi connectivity index (χ0) is 16.3. The van der Waals surface area contributed by atoms with E-state index < -0.39 is 6.17 Å². The number of likely N-dealkylation sites (N-methyl/N-ethyl adjacent to an activating group) is 1. The number of rotatable bonds is 6. The fraction of sp³-hybridized carbons (Fsp3) is 0.368. The molecule has 2 heteroatoms. The largest absolute Gasteiger partial charge is 0.371 e. The summed E-state index contributed by atoms with van der Waals surface area (Å²) < 4.78 is 13.3. The first-order chi connectivity index (χ1) is 10.0. The summed E-state index contributed by atoms with van der Waals surface area (Å²) in [6, 6.07) is 6.34. The molecule has 1 aromatic carbocycles. The Bertz CT molecular complexity index is 474. The van der Waals surface area contributed by atoms with Crippen molar-refractivity contribution in [2.45, 2.75) is 33.9 Å². The molecule has 0 fully saturated rings. The minimum absolute atomic E-state index is 0.687. The Labute approximate surface area is 129 Å². The Hall–Kier alpha value is -1.83. The molecule has 0 bridgehead atoms. The molecule has 0 heterocycles. The first-order valence-corrected chi connectivity index (χ1v) is 7.43. The van der Waals surface area contributed by atoms with Crippen molar-refractivity contribution in [3.63, 3.8) is 0 Å². The summed E-state index contributed by atoms with van der Waals surface area (Å²) in [5.74, 6) is 0. The number of allylic oxidation sites excluding steroid dienone is 4. The van der Waals surface area contributed by atoms with E-state index in [0.29, 0.717) is 6.54 Å². The molecule has 1 atom stereocenters. The van der Waals surface area contributed by atoms with Gasteiger partial charge in [0.15, 0.2) is 0 Å². The van der Waals surface area contributed by atoms with Crippen LogP contribution in [0.15, 0.2) is 55.2 Å². The number of anilines is 1. The number of aryl methyl sites for hydroxylation is 2. The Morgan fingerprint density at radius 1 is 1.24 bits per heavy atom. The molecule has 0 aliphatic heterocycles. The smallest absolute Gasteiger partial charge is 0.137 e. The fourth-order valence-electron chi connectivity index (χ4n) is 1.93. The second kappa shape index (κ2) is 10.9. The Balaban J connectivity index is 0.00000191. The fourth-order valence-corrected chi connectivity index (χ4v) is 1.93. The maximum absolute atomic E-state index is 13.3. The van der Waals surface area contributed by atoms with Gasteiger partial charge in [-0.2, -0.15) is 0 Å². The van der Waals surface area contributed by atoms with Crippen LogP contribution in [0.2, 0.25) is 0 Å². The van der Waals surface area contributed by atoms with Crippen molar-refractivity contribution in [3.05, 3.63) is 66.3 Å². The van der Waals surface area contributed by atoms with E-state index in [0.717, 1.165) is 0 Å². The van der Waals surface area contributed by atoms with E-state index in [4.69, 9.17) is 0 Å². The van der Waals surface area contributed by atoms with Crippen molar-refractivity contribution in [2.75, 3.05) is 18.5 Å². The van der Waals surface area contributed by atoms with Gasteiger partial charge in [-0.05, 0) is 37.6 Å². The van der Waals surface area contributed by atoms with Gasteiger partial charge in [0.2, 0.25) is 0 Å². The molecule has 0 radical (unpaired) electrons. The lowest BCUT2D eigenvalue weighted by Gasteiger charge is -2.20. The minimum Gasteiger partial charge on any atom is -0.371 e. The normalized spacial score (nSPS) is 12.1. The second-order valence-corrected chi connectivity index (χ2v) is 4.66. The number of alkyl halides is 1. The lowest BCUT2D eigenvalue weighted by atomic mass is 10.1. The molecule has 1 unspecified atom stereocenters. The van der Waals surface area contributed by atoms with Gasteiger partial charge in [-0.15, -0.1) is 0 Å². The van der Waals surface area contributed by atoms with Gasteiger partial charge in [0, 0.05) is 19.3 Å². The van der Waals surface area contributed by atoms with Gasteiger partial charge in [-0.3, -0.25) is 0 Å². The Morgan fingerprint density at radius 3 is 2.48 bits per heavy atom. The molecule has 21 heavy (non-hydrogen) atoms. The van der Waals surface area contributed by atoms with Gasteiger partial charge >= 0.3 is 0 Å². The van der Waals surface area contributed by atoms with Crippen LogP contribution >= 0.6 is 0 Å². The maximum Gasteiger partial charge on any atom is 0.137 e. The molecule has 0 aliphatic rings. The van der Waals surface area contributed by atoms with Crippen molar-refractivity contribution in [3.8, 4) is 0 Å². The number of nitrogens with zero attached hydrogens (tertiary/aromatic N) is 1. The Kier molecular flexibility index (Phi) is 9.95. The summed E-state index contributed by atoms with van der Waals surface area (Å²) in [5, 5.41) is 0. The van der Waals surface area contributed by atoms with E-state index in [1.807, 2.05) is 27.0 Å². The molecule has 0 aromatic heterocycles. The number of halogens is 1. The summed E-state index contributed by atoms with van der Waals surface area (Å²) in [4.78, 5) is 2.11. The van der Waals surface area contributed by atoms with Gasteiger partial charge in [0.25, 0.3) is 0 Å².